The van der Waals surface area contributed by atoms with Crippen molar-refractivity contribution in [3.05, 3.63) is 47.3 Å². The number of ether oxygens (including phenoxy) is 1. The highest BCUT2D eigenvalue weighted by molar-refractivity contribution is 7.80. The Morgan fingerprint density at radius 2 is 2.00 bits per heavy atom. The van der Waals surface area contributed by atoms with Crippen molar-refractivity contribution >= 4 is 23.0 Å². The van der Waals surface area contributed by atoms with Crippen LogP contribution in [-0.2, 0) is 11.3 Å². The van der Waals surface area contributed by atoms with E-state index >= 15 is 0 Å². The van der Waals surface area contributed by atoms with E-state index in [4.69, 9.17) is 17.0 Å². The molecular weight excluding hydrogens is 348 g/mol. The molecule has 0 aliphatic heterocycles. The third-order valence-electron chi connectivity index (χ3n) is 3.01. The number of halogens is 4. The molecule has 2 N–H and O–H groups in total. The average Bonchev–Trinajstić information content (AvgIpc) is 2.97. The van der Waals surface area contributed by atoms with Crippen LogP contribution in [0, 0.1) is 23.3 Å². The number of nitrogens with zero attached hydrogens (tertiary/aromatic N) is 2. The Labute approximate surface area is 140 Å². The van der Waals surface area contributed by atoms with E-state index in [0.717, 1.165) is 0 Å². The standard InChI is InChI=1S/C14H14F4N4OS/c1-23-3-2-19-14(24)21-8-5-20-22(6-8)7-9-10(15)4-11(16)13(18)12(9)17/h4-6H,2-3,7H2,1H3,(H2,19,21,24). The molecule has 0 radical (unpaired) electrons. The summed E-state index contributed by atoms with van der Waals surface area (Å²) in [6.45, 7) is 0.567. The quantitative estimate of drug-likeness (QED) is 0.272. The predicted octanol–water partition coefficient (Wildman–Crippen LogP) is 2.42. The topological polar surface area (TPSA) is 51.1 Å². The molecule has 0 spiro atoms. The van der Waals surface area contributed by atoms with Crippen LogP contribution in [0.3, 0.4) is 0 Å². The molecule has 0 fully saturated rings. The van der Waals surface area contributed by atoms with Crippen molar-refractivity contribution in [1.82, 2.24) is 15.1 Å². The largest absolute Gasteiger partial charge is 0.383 e. The third kappa shape index (κ3) is 4.42. The maximum atomic E-state index is 13.6. The number of thiocarbonyl (C=S) groups is 1. The molecule has 0 saturated carbocycles. The van der Waals surface area contributed by atoms with Crippen LogP contribution >= 0.6 is 12.2 Å². The molecule has 24 heavy (non-hydrogen) atoms. The summed E-state index contributed by atoms with van der Waals surface area (Å²) >= 11 is 5.04. The predicted molar refractivity (Wildman–Crippen MR) is 83.7 cm³/mol. The number of rotatable bonds is 6. The van der Waals surface area contributed by atoms with Gasteiger partial charge in [-0.1, -0.05) is 0 Å². The van der Waals surface area contributed by atoms with Gasteiger partial charge in [0.1, 0.15) is 5.82 Å². The maximum Gasteiger partial charge on any atom is 0.194 e. The lowest BCUT2D eigenvalue weighted by Crippen LogP contribution is -2.30. The second-order valence-corrected chi connectivity index (χ2v) is 5.16. The molecule has 10 heteroatoms. The van der Waals surface area contributed by atoms with Crippen LogP contribution in [0.5, 0.6) is 0 Å². The fourth-order valence-corrected chi connectivity index (χ4v) is 2.09. The third-order valence-corrected chi connectivity index (χ3v) is 3.26. The molecule has 0 unspecified atom stereocenters. The lowest BCUT2D eigenvalue weighted by atomic mass is 10.2. The SMILES string of the molecule is COCCNC(=S)Nc1cnn(Cc2c(F)cc(F)c(F)c2F)c1. The molecule has 0 bridgehead atoms. The zero-order valence-electron chi connectivity index (χ0n) is 12.6. The van der Waals surface area contributed by atoms with E-state index in [-0.39, 0.29) is 0 Å². The molecule has 0 aliphatic rings. The minimum absolute atomic E-state index is 0.297. The molecule has 2 rings (SSSR count). The summed E-state index contributed by atoms with van der Waals surface area (Å²) in [5.41, 5.74) is -0.155. The minimum Gasteiger partial charge on any atom is -0.383 e. The van der Waals surface area contributed by atoms with Gasteiger partial charge in [0, 0.05) is 31.5 Å². The first-order valence-electron chi connectivity index (χ1n) is 6.80. The Hall–Kier alpha value is -2.20. The van der Waals surface area contributed by atoms with Gasteiger partial charge in [0.05, 0.1) is 25.0 Å². The minimum atomic E-state index is -1.72. The molecule has 1 aromatic heterocycles. The van der Waals surface area contributed by atoms with E-state index in [1.807, 2.05) is 0 Å². The number of anilines is 1. The van der Waals surface area contributed by atoms with Crippen molar-refractivity contribution in [3.8, 4) is 0 Å². The van der Waals surface area contributed by atoms with Gasteiger partial charge in [-0.05, 0) is 12.2 Å². The van der Waals surface area contributed by atoms with Crippen LogP contribution in [-0.4, -0.2) is 35.2 Å². The Morgan fingerprint density at radius 1 is 1.25 bits per heavy atom. The molecule has 0 amide bonds. The van der Waals surface area contributed by atoms with Crippen LogP contribution in [0.2, 0.25) is 0 Å². The van der Waals surface area contributed by atoms with Crippen LogP contribution in [0.15, 0.2) is 18.5 Å². The molecule has 0 saturated heterocycles. The van der Waals surface area contributed by atoms with Gasteiger partial charge < -0.3 is 15.4 Å². The normalized spacial score (nSPS) is 10.7. The Kier molecular flexibility index (Phi) is 6.10. The van der Waals surface area contributed by atoms with Crippen molar-refractivity contribution < 1.29 is 22.3 Å². The Morgan fingerprint density at radius 3 is 2.71 bits per heavy atom. The summed E-state index contributed by atoms with van der Waals surface area (Å²) in [6.07, 6.45) is 2.80. The van der Waals surface area contributed by atoms with E-state index in [9.17, 15) is 17.6 Å². The van der Waals surface area contributed by atoms with Crippen LogP contribution in [0.25, 0.3) is 0 Å². The van der Waals surface area contributed by atoms with E-state index in [2.05, 4.69) is 15.7 Å². The molecular formula is C14H14F4N4OS. The van der Waals surface area contributed by atoms with Gasteiger partial charge in [-0.2, -0.15) is 5.10 Å². The number of benzene rings is 1. The summed E-state index contributed by atoms with van der Waals surface area (Å²) in [7, 11) is 1.55. The van der Waals surface area contributed by atoms with Crippen molar-refractivity contribution in [2.24, 2.45) is 0 Å². The fourth-order valence-electron chi connectivity index (χ4n) is 1.87. The van der Waals surface area contributed by atoms with Gasteiger partial charge in [0.2, 0.25) is 0 Å². The van der Waals surface area contributed by atoms with Crippen molar-refractivity contribution in [2.45, 2.75) is 6.54 Å². The highest BCUT2D eigenvalue weighted by Gasteiger charge is 2.19. The first-order chi connectivity index (χ1) is 11.4. The molecule has 130 valence electrons. The number of aromatic nitrogens is 2. The summed E-state index contributed by atoms with van der Waals surface area (Å²) in [5, 5.41) is 9.89. The van der Waals surface area contributed by atoms with Crippen molar-refractivity contribution in [3.63, 3.8) is 0 Å². The monoisotopic (exact) mass is 362 g/mol. The van der Waals surface area contributed by atoms with E-state index in [0.29, 0.717) is 30.0 Å². The molecule has 5 nitrogen and oxygen atoms in total. The van der Waals surface area contributed by atoms with E-state index < -0.39 is 35.4 Å². The second-order valence-electron chi connectivity index (χ2n) is 4.75. The molecule has 1 aromatic carbocycles. The van der Waals surface area contributed by atoms with Gasteiger partial charge in [0.25, 0.3) is 0 Å². The highest BCUT2D eigenvalue weighted by atomic mass is 32.1. The van der Waals surface area contributed by atoms with Gasteiger partial charge in [0.15, 0.2) is 22.6 Å². The summed E-state index contributed by atoms with van der Waals surface area (Å²) in [6, 6.07) is 0.297. The van der Waals surface area contributed by atoms with Crippen molar-refractivity contribution in [1.29, 1.82) is 0 Å². The maximum absolute atomic E-state index is 13.6. The lowest BCUT2D eigenvalue weighted by Gasteiger charge is -2.08. The zero-order chi connectivity index (χ0) is 17.7. The lowest BCUT2D eigenvalue weighted by molar-refractivity contribution is 0.204. The van der Waals surface area contributed by atoms with E-state index in [1.54, 1.807) is 7.11 Å². The fraction of sp³-hybridized carbons (Fsp3) is 0.286. The Bertz CT molecular complexity index is 738. The first-order valence-corrected chi connectivity index (χ1v) is 7.21. The zero-order valence-corrected chi connectivity index (χ0v) is 13.4. The first kappa shape index (κ1) is 18.1. The summed E-state index contributed by atoms with van der Waals surface area (Å²) < 4.78 is 59.4. The van der Waals surface area contributed by atoms with Crippen LogP contribution < -0.4 is 10.6 Å². The second kappa shape index (κ2) is 8.06. The molecule has 0 aliphatic carbocycles. The summed E-state index contributed by atoms with van der Waals surface area (Å²) in [5.74, 6) is -6.06. The van der Waals surface area contributed by atoms with Gasteiger partial charge in [-0.25, -0.2) is 17.6 Å². The number of methoxy groups -OCH3 is 1. The Balaban J connectivity index is 2.04. The average molecular weight is 362 g/mol. The van der Waals surface area contributed by atoms with Crippen LogP contribution in [0.4, 0.5) is 23.2 Å². The molecule has 1 heterocycles. The summed E-state index contributed by atoms with van der Waals surface area (Å²) in [4.78, 5) is 0. The smallest absolute Gasteiger partial charge is 0.194 e. The van der Waals surface area contributed by atoms with Crippen LogP contribution in [0.1, 0.15) is 5.56 Å². The molecule has 0 atom stereocenters. The van der Waals surface area contributed by atoms with Gasteiger partial charge in [-0.15, -0.1) is 0 Å². The number of hydrogen-bond donors (Lipinski definition) is 2. The van der Waals surface area contributed by atoms with E-state index in [1.165, 1.54) is 17.1 Å². The van der Waals surface area contributed by atoms with Crippen molar-refractivity contribution in [2.75, 3.05) is 25.6 Å². The highest BCUT2D eigenvalue weighted by Crippen LogP contribution is 2.20. The molecule has 2 aromatic rings. The van der Waals surface area contributed by atoms with Gasteiger partial charge in [-0.3, -0.25) is 4.68 Å². The van der Waals surface area contributed by atoms with Gasteiger partial charge >= 0.3 is 0 Å². The number of hydrogen-bond acceptors (Lipinski definition) is 3. The number of nitrogens with one attached hydrogen (secondary N) is 2.